The van der Waals surface area contributed by atoms with Gasteiger partial charge in [0.15, 0.2) is 0 Å². The Morgan fingerprint density at radius 3 is 2.35 bits per heavy atom. The number of benzene rings is 1. The molecule has 1 aromatic rings. The van der Waals surface area contributed by atoms with Gasteiger partial charge in [-0.3, -0.25) is 19.7 Å². The molecule has 0 spiro atoms. The van der Waals surface area contributed by atoms with Crippen LogP contribution in [-0.4, -0.2) is 71.9 Å². The number of piperidine rings is 2. The number of imide groups is 1. The van der Waals surface area contributed by atoms with Crippen LogP contribution in [-0.2, 0) is 26.3 Å². The SMILES string of the molecule is O=C1CCC(N2Cc3c(C#CC4CCN(S(=O)(=O)N5CCCC5)CC4)cccc3C2=O)C(=O)N1. The first-order valence-electron chi connectivity index (χ1n) is 11.9. The van der Waals surface area contributed by atoms with E-state index < -0.39 is 22.2 Å². The summed E-state index contributed by atoms with van der Waals surface area (Å²) in [6.45, 7) is 2.43. The van der Waals surface area contributed by atoms with Gasteiger partial charge in [-0.2, -0.15) is 17.0 Å². The van der Waals surface area contributed by atoms with E-state index >= 15 is 0 Å². The second-order valence-corrected chi connectivity index (χ2v) is 11.2. The van der Waals surface area contributed by atoms with Gasteiger partial charge in [-0.15, -0.1) is 0 Å². The summed E-state index contributed by atoms with van der Waals surface area (Å²) in [5.74, 6) is 5.65. The van der Waals surface area contributed by atoms with Gasteiger partial charge in [-0.05, 0) is 49.8 Å². The molecule has 1 unspecified atom stereocenters. The summed E-state index contributed by atoms with van der Waals surface area (Å²) in [7, 11) is -3.37. The normalized spacial score (nSPS) is 24.6. The molecule has 10 heteroatoms. The molecular weight excluding hydrogens is 456 g/mol. The van der Waals surface area contributed by atoms with E-state index in [0.717, 1.165) is 24.0 Å². The van der Waals surface area contributed by atoms with Crippen LogP contribution in [0.4, 0.5) is 0 Å². The second-order valence-electron chi connectivity index (χ2n) is 9.29. The molecule has 34 heavy (non-hydrogen) atoms. The van der Waals surface area contributed by atoms with Crippen molar-refractivity contribution >= 4 is 27.9 Å². The van der Waals surface area contributed by atoms with Crippen LogP contribution < -0.4 is 5.32 Å². The standard InChI is InChI=1S/C24H28N4O5S/c29-22-9-8-21(23(30)25-22)28-16-20-18(4-3-5-19(20)24(28)31)7-6-17-10-14-27(15-11-17)34(32,33)26-12-1-2-13-26/h3-5,17,21H,1-2,8-16H2,(H,25,29,30). The molecule has 4 heterocycles. The summed E-state index contributed by atoms with van der Waals surface area (Å²) >= 11 is 0. The molecule has 1 aromatic carbocycles. The number of nitrogens with zero attached hydrogens (tertiary/aromatic N) is 3. The third-order valence-electron chi connectivity index (χ3n) is 7.16. The molecule has 3 fully saturated rings. The number of carbonyl (C=O) groups excluding carboxylic acids is 3. The maximum absolute atomic E-state index is 13.0. The topological polar surface area (TPSA) is 107 Å². The Morgan fingerprint density at radius 1 is 0.941 bits per heavy atom. The Kier molecular flexibility index (Phi) is 6.18. The van der Waals surface area contributed by atoms with E-state index in [9.17, 15) is 22.8 Å². The van der Waals surface area contributed by atoms with Gasteiger partial charge in [0.1, 0.15) is 6.04 Å². The molecule has 0 radical (unpaired) electrons. The van der Waals surface area contributed by atoms with Crippen LogP contribution in [0.2, 0.25) is 0 Å². The first kappa shape index (κ1) is 23.0. The van der Waals surface area contributed by atoms with Crippen molar-refractivity contribution in [1.82, 2.24) is 18.8 Å². The van der Waals surface area contributed by atoms with Crippen LogP contribution >= 0.6 is 0 Å². The van der Waals surface area contributed by atoms with Gasteiger partial charge in [0, 0.05) is 56.2 Å². The van der Waals surface area contributed by atoms with E-state index in [2.05, 4.69) is 17.2 Å². The van der Waals surface area contributed by atoms with E-state index in [1.165, 1.54) is 4.90 Å². The van der Waals surface area contributed by atoms with Crippen molar-refractivity contribution in [1.29, 1.82) is 0 Å². The molecule has 3 saturated heterocycles. The van der Waals surface area contributed by atoms with Crippen molar-refractivity contribution < 1.29 is 22.8 Å². The average molecular weight is 485 g/mol. The van der Waals surface area contributed by atoms with Crippen molar-refractivity contribution in [3.8, 4) is 11.8 Å². The third-order valence-corrected chi connectivity index (χ3v) is 9.20. The number of rotatable bonds is 3. The quantitative estimate of drug-likeness (QED) is 0.506. The second kappa shape index (κ2) is 9.13. The lowest BCUT2D eigenvalue weighted by atomic mass is 9.97. The van der Waals surface area contributed by atoms with Crippen molar-refractivity contribution in [2.24, 2.45) is 5.92 Å². The van der Waals surface area contributed by atoms with Crippen LogP contribution in [0.1, 0.15) is 60.0 Å². The lowest BCUT2D eigenvalue weighted by Crippen LogP contribution is -2.52. The van der Waals surface area contributed by atoms with Crippen LogP contribution in [0.25, 0.3) is 0 Å². The minimum atomic E-state index is -3.37. The first-order chi connectivity index (χ1) is 16.3. The largest absolute Gasteiger partial charge is 0.322 e. The van der Waals surface area contributed by atoms with Crippen LogP contribution in [0, 0.1) is 17.8 Å². The summed E-state index contributed by atoms with van der Waals surface area (Å²) in [6.07, 6.45) is 3.74. The molecule has 9 nitrogen and oxygen atoms in total. The molecule has 0 bridgehead atoms. The molecular formula is C24H28N4O5S. The van der Waals surface area contributed by atoms with Gasteiger partial charge >= 0.3 is 0 Å². The van der Waals surface area contributed by atoms with Gasteiger partial charge < -0.3 is 4.90 Å². The molecule has 5 rings (SSSR count). The van der Waals surface area contributed by atoms with Crippen LogP contribution in [0.3, 0.4) is 0 Å². The summed E-state index contributed by atoms with van der Waals surface area (Å²) in [4.78, 5) is 38.2. The lowest BCUT2D eigenvalue weighted by molar-refractivity contribution is -0.136. The minimum Gasteiger partial charge on any atom is -0.322 e. The molecule has 4 aliphatic heterocycles. The number of amides is 3. The molecule has 0 aliphatic carbocycles. The monoisotopic (exact) mass is 484 g/mol. The Labute approximate surface area is 199 Å². The highest BCUT2D eigenvalue weighted by atomic mass is 32.2. The fourth-order valence-electron chi connectivity index (χ4n) is 5.20. The number of fused-ring (bicyclic) bond motifs is 1. The predicted octanol–water partition coefficient (Wildman–Crippen LogP) is 0.852. The molecule has 0 aromatic heterocycles. The van der Waals surface area contributed by atoms with Crippen LogP contribution in [0.15, 0.2) is 18.2 Å². The van der Waals surface area contributed by atoms with Crippen molar-refractivity contribution in [2.75, 3.05) is 26.2 Å². The predicted molar refractivity (Wildman–Crippen MR) is 123 cm³/mol. The van der Waals surface area contributed by atoms with E-state index in [0.29, 0.717) is 51.0 Å². The summed E-state index contributed by atoms with van der Waals surface area (Å²) in [6, 6.07) is 4.76. The molecule has 4 aliphatic rings. The van der Waals surface area contributed by atoms with Gasteiger partial charge in [0.2, 0.25) is 11.8 Å². The molecule has 3 amide bonds. The van der Waals surface area contributed by atoms with E-state index in [4.69, 9.17) is 0 Å². The number of hydrogen-bond donors (Lipinski definition) is 1. The van der Waals surface area contributed by atoms with Crippen molar-refractivity contribution in [2.45, 2.75) is 51.1 Å². The fraction of sp³-hybridized carbons (Fsp3) is 0.542. The average Bonchev–Trinajstić information content (AvgIpc) is 3.48. The van der Waals surface area contributed by atoms with Crippen LogP contribution in [0.5, 0.6) is 0 Å². The maximum atomic E-state index is 13.0. The number of hydrogen-bond acceptors (Lipinski definition) is 5. The third kappa shape index (κ3) is 4.24. The maximum Gasteiger partial charge on any atom is 0.281 e. The zero-order chi connectivity index (χ0) is 23.9. The van der Waals surface area contributed by atoms with Crippen molar-refractivity contribution in [3.63, 3.8) is 0 Å². The molecule has 180 valence electrons. The molecule has 1 N–H and O–H groups in total. The molecule has 0 saturated carbocycles. The zero-order valence-electron chi connectivity index (χ0n) is 19.0. The lowest BCUT2D eigenvalue weighted by Gasteiger charge is -2.32. The minimum absolute atomic E-state index is 0.0872. The summed E-state index contributed by atoms with van der Waals surface area (Å²) in [5.41, 5.74) is 2.11. The van der Waals surface area contributed by atoms with Gasteiger partial charge in [-0.25, -0.2) is 0 Å². The van der Waals surface area contributed by atoms with Gasteiger partial charge in [0.25, 0.3) is 16.1 Å². The Hall–Kier alpha value is -2.74. The highest BCUT2D eigenvalue weighted by Gasteiger charge is 2.40. The highest BCUT2D eigenvalue weighted by molar-refractivity contribution is 7.86. The Bertz CT molecular complexity index is 1190. The van der Waals surface area contributed by atoms with E-state index in [1.54, 1.807) is 20.7 Å². The zero-order valence-corrected chi connectivity index (χ0v) is 19.8. The summed E-state index contributed by atoms with van der Waals surface area (Å²) < 4.78 is 28.7. The Balaban J connectivity index is 1.26. The van der Waals surface area contributed by atoms with E-state index in [1.807, 2.05) is 6.07 Å². The number of carbonyl (C=O) groups is 3. The Morgan fingerprint density at radius 2 is 1.65 bits per heavy atom. The summed E-state index contributed by atoms with van der Waals surface area (Å²) in [5, 5.41) is 2.32. The smallest absolute Gasteiger partial charge is 0.281 e. The fourth-order valence-corrected chi connectivity index (χ4v) is 6.91. The highest BCUT2D eigenvalue weighted by Crippen LogP contribution is 2.30. The van der Waals surface area contributed by atoms with Gasteiger partial charge in [0.05, 0.1) is 0 Å². The van der Waals surface area contributed by atoms with Crippen molar-refractivity contribution in [3.05, 3.63) is 34.9 Å². The number of nitrogens with one attached hydrogen (secondary N) is 1. The van der Waals surface area contributed by atoms with E-state index in [-0.39, 0.29) is 30.7 Å². The first-order valence-corrected chi connectivity index (χ1v) is 13.3. The van der Waals surface area contributed by atoms with Gasteiger partial charge in [-0.1, -0.05) is 17.9 Å². The molecule has 1 atom stereocenters.